The molecule has 1 fully saturated rings. The van der Waals surface area contributed by atoms with Crippen LogP contribution in [0.1, 0.15) is 25.8 Å². The SMILES string of the molecule is CC1(C)CC1NCc1ccc(OCC#N)cc1. The summed E-state index contributed by atoms with van der Waals surface area (Å²) in [6, 6.07) is 10.5. The molecule has 0 aromatic heterocycles. The van der Waals surface area contributed by atoms with Crippen LogP contribution in [0.25, 0.3) is 0 Å². The standard InChI is InChI=1S/C14H18N2O/c1-14(2)9-13(14)16-10-11-3-5-12(6-4-11)17-8-7-15/h3-6,13,16H,8-10H2,1-2H3. The predicted molar refractivity (Wildman–Crippen MR) is 66.6 cm³/mol. The summed E-state index contributed by atoms with van der Waals surface area (Å²) in [7, 11) is 0. The van der Waals surface area contributed by atoms with Gasteiger partial charge in [-0.15, -0.1) is 0 Å². The molecule has 90 valence electrons. The van der Waals surface area contributed by atoms with Gasteiger partial charge in [-0.25, -0.2) is 0 Å². The second-order valence-corrected chi connectivity index (χ2v) is 5.22. The van der Waals surface area contributed by atoms with Gasteiger partial charge in [0, 0.05) is 12.6 Å². The Morgan fingerprint density at radius 1 is 1.41 bits per heavy atom. The first kappa shape index (κ1) is 11.9. The van der Waals surface area contributed by atoms with Crippen LogP contribution in [0, 0.1) is 16.7 Å². The zero-order chi connectivity index (χ0) is 12.3. The molecule has 1 aromatic carbocycles. The number of ether oxygens (including phenoxy) is 1. The summed E-state index contributed by atoms with van der Waals surface area (Å²) in [5.74, 6) is 0.752. The van der Waals surface area contributed by atoms with Gasteiger partial charge in [0.15, 0.2) is 6.61 Å². The van der Waals surface area contributed by atoms with E-state index in [0.29, 0.717) is 11.5 Å². The molecule has 0 heterocycles. The van der Waals surface area contributed by atoms with Crippen molar-refractivity contribution in [1.82, 2.24) is 5.32 Å². The van der Waals surface area contributed by atoms with Crippen LogP contribution in [0.4, 0.5) is 0 Å². The zero-order valence-corrected chi connectivity index (χ0v) is 10.4. The molecule has 3 heteroatoms. The summed E-state index contributed by atoms with van der Waals surface area (Å²) in [4.78, 5) is 0. The molecule has 0 saturated heterocycles. The van der Waals surface area contributed by atoms with E-state index in [1.165, 1.54) is 12.0 Å². The van der Waals surface area contributed by atoms with Crippen LogP contribution in [0.3, 0.4) is 0 Å². The summed E-state index contributed by atoms with van der Waals surface area (Å²) in [6.45, 7) is 5.56. The molecular formula is C14H18N2O. The van der Waals surface area contributed by atoms with Crippen molar-refractivity contribution in [2.45, 2.75) is 32.9 Å². The molecule has 1 aliphatic rings. The maximum atomic E-state index is 8.40. The maximum Gasteiger partial charge on any atom is 0.174 e. The second-order valence-electron chi connectivity index (χ2n) is 5.22. The minimum absolute atomic E-state index is 0.105. The normalized spacial score (nSPS) is 20.6. The number of nitrogens with zero attached hydrogens (tertiary/aromatic N) is 1. The lowest BCUT2D eigenvalue weighted by molar-refractivity contribution is 0.368. The van der Waals surface area contributed by atoms with Crippen molar-refractivity contribution in [3.05, 3.63) is 29.8 Å². The first-order valence-electron chi connectivity index (χ1n) is 5.94. The predicted octanol–water partition coefficient (Wildman–Crippen LogP) is 2.48. The van der Waals surface area contributed by atoms with Gasteiger partial charge in [0.05, 0.1) is 0 Å². The minimum Gasteiger partial charge on any atom is -0.479 e. The lowest BCUT2D eigenvalue weighted by Gasteiger charge is -2.07. The van der Waals surface area contributed by atoms with Crippen molar-refractivity contribution in [3.8, 4) is 11.8 Å². The van der Waals surface area contributed by atoms with Crippen molar-refractivity contribution in [2.75, 3.05) is 6.61 Å². The highest BCUT2D eigenvalue weighted by Crippen LogP contribution is 2.44. The van der Waals surface area contributed by atoms with E-state index in [-0.39, 0.29) is 6.61 Å². The van der Waals surface area contributed by atoms with E-state index in [9.17, 15) is 0 Å². The molecule has 1 saturated carbocycles. The van der Waals surface area contributed by atoms with Crippen molar-refractivity contribution in [2.24, 2.45) is 5.41 Å². The fourth-order valence-corrected chi connectivity index (χ4v) is 1.88. The Bertz CT molecular complexity index is 417. The number of nitriles is 1. The first-order chi connectivity index (χ1) is 8.12. The van der Waals surface area contributed by atoms with Gasteiger partial charge in [-0.3, -0.25) is 0 Å². The van der Waals surface area contributed by atoms with Crippen LogP contribution >= 0.6 is 0 Å². The Morgan fingerprint density at radius 3 is 2.59 bits per heavy atom. The van der Waals surface area contributed by atoms with E-state index in [1.807, 2.05) is 30.3 Å². The molecule has 0 aliphatic heterocycles. The third-order valence-corrected chi connectivity index (χ3v) is 3.29. The van der Waals surface area contributed by atoms with Crippen molar-refractivity contribution < 1.29 is 4.74 Å². The Kier molecular flexibility index (Phi) is 3.35. The molecule has 1 aliphatic carbocycles. The maximum absolute atomic E-state index is 8.40. The summed E-state index contributed by atoms with van der Waals surface area (Å²) in [5, 5.41) is 11.9. The third kappa shape index (κ3) is 3.21. The van der Waals surface area contributed by atoms with Crippen LogP contribution in [-0.4, -0.2) is 12.6 Å². The summed E-state index contributed by atoms with van der Waals surface area (Å²) < 4.78 is 5.20. The molecule has 0 spiro atoms. The van der Waals surface area contributed by atoms with Crippen molar-refractivity contribution in [1.29, 1.82) is 5.26 Å². The third-order valence-electron chi connectivity index (χ3n) is 3.29. The lowest BCUT2D eigenvalue weighted by atomic mass is 10.2. The average Bonchev–Trinajstić information content (AvgIpc) is 2.93. The van der Waals surface area contributed by atoms with Gasteiger partial charge >= 0.3 is 0 Å². The molecule has 1 N–H and O–H groups in total. The van der Waals surface area contributed by atoms with E-state index in [4.69, 9.17) is 10.00 Å². The number of hydrogen-bond acceptors (Lipinski definition) is 3. The fraction of sp³-hybridized carbons (Fsp3) is 0.500. The molecule has 0 bridgehead atoms. The Hall–Kier alpha value is -1.53. The van der Waals surface area contributed by atoms with E-state index >= 15 is 0 Å². The van der Waals surface area contributed by atoms with Crippen LogP contribution < -0.4 is 10.1 Å². The number of nitrogens with one attached hydrogen (secondary N) is 1. The highest BCUT2D eigenvalue weighted by Gasteiger charge is 2.44. The van der Waals surface area contributed by atoms with Gasteiger partial charge in [0.25, 0.3) is 0 Å². The Morgan fingerprint density at radius 2 is 2.06 bits per heavy atom. The minimum atomic E-state index is 0.105. The van der Waals surface area contributed by atoms with Crippen LogP contribution in [0.2, 0.25) is 0 Å². The van der Waals surface area contributed by atoms with Crippen molar-refractivity contribution in [3.63, 3.8) is 0 Å². The van der Waals surface area contributed by atoms with Crippen LogP contribution in [0.5, 0.6) is 5.75 Å². The van der Waals surface area contributed by atoms with E-state index in [1.54, 1.807) is 0 Å². The van der Waals surface area contributed by atoms with Crippen LogP contribution in [0.15, 0.2) is 24.3 Å². The second kappa shape index (κ2) is 4.77. The van der Waals surface area contributed by atoms with Gasteiger partial charge < -0.3 is 10.1 Å². The molecule has 0 amide bonds. The summed E-state index contributed by atoms with van der Waals surface area (Å²) in [6.07, 6.45) is 1.26. The molecular weight excluding hydrogens is 212 g/mol. The molecule has 1 unspecified atom stereocenters. The number of benzene rings is 1. The van der Waals surface area contributed by atoms with Crippen LogP contribution in [-0.2, 0) is 6.54 Å². The number of hydrogen-bond donors (Lipinski definition) is 1. The van der Waals surface area contributed by atoms with Gasteiger partial charge in [-0.05, 0) is 29.5 Å². The monoisotopic (exact) mass is 230 g/mol. The quantitative estimate of drug-likeness (QED) is 0.845. The zero-order valence-electron chi connectivity index (χ0n) is 10.4. The molecule has 2 rings (SSSR count). The van der Waals surface area contributed by atoms with Gasteiger partial charge in [0.2, 0.25) is 0 Å². The first-order valence-corrected chi connectivity index (χ1v) is 5.94. The van der Waals surface area contributed by atoms with Gasteiger partial charge in [-0.2, -0.15) is 5.26 Å². The molecule has 1 aromatic rings. The van der Waals surface area contributed by atoms with Gasteiger partial charge in [0.1, 0.15) is 11.8 Å². The topological polar surface area (TPSA) is 45.0 Å². The molecule has 3 nitrogen and oxygen atoms in total. The number of rotatable bonds is 5. The Balaban J connectivity index is 1.80. The highest BCUT2D eigenvalue weighted by molar-refractivity contribution is 5.27. The largest absolute Gasteiger partial charge is 0.479 e. The Labute approximate surface area is 102 Å². The molecule has 0 radical (unpaired) electrons. The fourth-order valence-electron chi connectivity index (χ4n) is 1.88. The summed E-state index contributed by atoms with van der Waals surface area (Å²) in [5.41, 5.74) is 1.72. The van der Waals surface area contributed by atoms with Crippen molar-refractivity contribution >= 4 is 0 Å². The highest BCUT2D eigenvalue weighted by atomic mass is 16.5. The van der Waals surface area contributed by atoms with E-state index < -0.39 is 0 Å². The average molecular weight is 230 g/mol. The molecule has 1 atom stereocenters. The van der Waals surface area contributed by atoms with E-state index in [0.717, 1.165) is 12.3 Å². The molecule has 17 heavy (non-hydrogen) atoms. The summed E-state index contributed by atoms with van der Waals surface area (Å²) >= 11 is 0. The van der Waals surface area contributed by atoms with Gasteiger partial charge in [-0.1, -0.05) is 26.0 Å². The lowest BCUT2D eigenvalue weighted by Crippen LogP contribution is -2.19. The van der Waals surface area contributed by atoms with E-state index in [2.05, 4.69) is 19.2 Å². The smallest absolute Gasteiger partial charge is 0.174 e.